The van der Waals surface area contributed by atoms with Crippen molar-refractivity contribution in [1.82, 2.24) is 10.3 Å². The molecule has 2 aromatic rings. The molecule has 0 spiro atoms. The first kappa shape index (κ1) is 14.7. The van der Waals surface area contributed by atoms with Gasteiger partial charge in [-0.3, -0.25) is 4.79 Å². The molecule has 0 saturated heterocycles. The lowest BCUT2D eigenvalue weighted by atomic mass is 10.2. The van der Waals surface area contributed by atoms with Gasteiger partial charge in [0.05, 0.1) is 18.2 Å². The molecule has 0 aliphatic rings. The molecule has 0 saturated carbocycles. The molecule has 106 valence electrons. The highest BCUT2D eigenvalue weighted by atomic mass is 32.1. The quantitative estimate of drug-likeness (QED) is 0.889. The van der Waals surface area contributed by atoms with Gasteiger partial charge in [-0.2, -0.15) is 11.3 Å². The fourth-order valence-corrected chi connectivity index (χ4v) is 3.31. The summed E-state index contributed by atoms with van der Waals surface area (Å²) < 4.78 is 0. The predicted octanol–water partition coefficient (Wildman–Crippen LogP) is 2.63. The molecule has 2 N–H and O–H groups in total. The molecule has 5 nitrogen and oxygen atoms in total. The molecule has 2 aromatic heterocycles. The van der Waals surface area contributed by atoms with Crippen LogP contribution in [0.5, 0.6) is 0 Å². The molecule has 2 rings (SSSR count). The molecule has 2 heterocycles. The Kier molecular flexibility index (Phi) is 4.51. The van der Waals surface area contributed by atoms with E-state index in [0.717, 1.165) is 16.9 Å². The third-order valence-electron chi connectivity index (χ3n) is 2.70. The molecule has 7 heteroatoms. The summed E-state index contributed by atoms with van der Waals surface area (Å²) in [6.07, 6.45) is 0.323. The van der Waals surface area contributed by atoms with E-state index in [9.17, 15) is 9.59 Å². The van der Waals surface area contributed by atoms with Crippen LogP contribution >= 0.6 is 22.7 Å². The van der Waals surface area contributed by atoms with Gasteiger partial charge in [-0.15, -0.1) is 11.3 Å². The Morgan fingerprint density at radius 3 is 2.80 bits per heavy atom. The third kappa shape index (κ3) is 3.43. The van der Waals surface area contributed by atoms with Gasteiger partial charge < -0.3 is 10.4 Å². The van der Waals surface area contributed by atoms with Crippen LogP contribution in [0.3, 0.4) is 0 Å². The summed E-state index contributed by atoms with van der Waals surface area (Å²) in [4.78, 5) is 27.3. The molecular weight excluding hydrogens is 296 g/mol. The zero-order chi connectivity index (χ0) is 14.7. The fraction of sp³-hybridized carbons (Fsp3) is 0.308. The van der Waals surface area contributed by atoms with Gasteiger partial charge in [0.2, 0.25) is 5.91 Å². The van der Waals surface area contributed by atoms with Crippen LogP contribution in [0.25, 0.3) is 0 Å². The van der Waals surface area contributed by atoms with Crippen molar-refractivity contribution in [3.05, 3.63) is 38.0 Å². The summed E-state index contributed by atoms with van der Waals surface area (Å²) in [5.74, 6) is -1.08. The first-order chi connectivity index (χ1) is 9.47. The van der Waals surface area contributed by atoms with Gasteiger partial charge in [-0.25, -0.2) is 9.78 Å². The van der Waals surface area contributed by atoms with Crippen molar-refractivity contribution < 1.29 is 14.7 Å². The lowest BCUT2D eigenvalue weighted by Gasteiger charge is -2.10. The number of aryl methyl sites for hydroxylation is 1. The number of carbonyl (C=O) groups is 2. The first-order valence-corrected chi connectivity index (χ1v) is 7.74. The maximum absolute atomic E-state index is 11.9. The molecule has 0 bridgehead atoms. The van der Waals surface area contributed by atoms with Gasteiger partial charge >= 0.3 is 5.97 Å². The van der Waals surface area contributed by atoms with Crippen LogP contribution in [0.1, 0.15) is 38.9 Å². The van der Waals surface area contributed by atoms with E-state index in [1.807, 2.05) is 16.8 Å². The number of thiophene rings is 1. The lowest BCUT2D eigenvalue weighted by Crippen LogP contribution is -2.27. The third-order valence-corrected chi connectivity index (χ3v) is 4.76. The first-order valence-electron chi connectivity index (χ1n) is 5.98. The molecule has 0 aliphatic carbocycles. The number of hydrogen-bond acceptors (Lipinski definition) is 5. The summed E-state index contributed by atoms with van der Waals surface area (Å²) >= 11 is 2.65. The number of aromatic nitrogens is 1. The highest BCUT2D eigenvalue weighted by molar-refractivity contribution is 7.13. The predicted molar refractivity (Wildman–Crippen MR) is 78.4 cm³/mol. The second kappa shape index (κ2) is 6.15. The minimum atomic E-state index is -0.983. The SMILES string of the molecule is Cc1nc(C(C)NC(=O)Cc2ccsc2)sc1C(=O)O. The molecule has 1 unspecified atom stereocenters. The van der Waals surface area contributed by atoms with E-state index in [1.54, 1.807) is 25.2 Å². The van der Waals surface area contributed by atoms with E-state index in [2.05, 4.69) is 10.3 Å². The second-order valence-corrected chi connectivity index (χ2v) is 6.18. The summed E-state index contributed by atoms with van der Waals surface area (Å²) in [5.41, 5.74) is 1.46. The Morgan fingerprint density at radius 1 is 1.50 bits per heavy atom. The molecule has 1 atom stereocenters. The summed E-state index contributed by atoms with van der Waals surface area (Å²) in [7, 11) is 0. The maximum Gasteiger partial charge on any atom is 0.347 e. The number of nitrogens with zero attached hydrogens (tertiary/aromatic N) is 1. The number of rotatable bonds is 5. The van der Waals surface area contributed by atoms with Crippen LogP contribution in [-0.4, -0.2) is 22.0 Å². The smallest absolute Gasteiger partial charge is 0.347 e. The van der Waals surface area contributed by atoms with Crippen molar-refractivity contribution in [1.29, 1.82) is 0 Å². The lowest BCUT2D eigenvalue weighted by molar-refractivity contribution is -0.121. The number of hydrogen-bond donors (Lipinski definition) is 2. The van der Waals surface area contributed by atoms with Crippen molar-refractivity contribution in [3.8, 4) is 0 Å². The van der Waals surface area contributed by atoms with Crippen LogP contribution in [0.2, 0.25) is 0 Å². The Bertz CT molecular complexity index is 620. The van der Waals surface area contributed by atoms with Crippen molar-refractivity contribution >= 4 is 34.6 Å². The Hall–Kier alpha value is -1.73. The number of amides is 1. The van der Waals surface area contributed by atoms with Crippen LogP contribution in [0.15, 0.2) is 16.8 Å². The van der Waals surface area contributed by atoms with Crippen molar-refractivity contribution in [3.63, 3.8) is 0 Å². The van der Waals surface area contributed by atoms with Gasteiger partial charge in [0.1, 0.15) is 9.88 Å². The molecule has 0 aliphatic heterocycles. The van der Waals surface area contributed by atoms with Gasteiger partial charge in [0.25, 0.3) is 0 Å². The normalized spacial score (nSPS) is 12.1. The minimum absolute atomic E-state index is 0.0966. The molecule has 0 radical (unpaired) electrons. The second-order valence-electron chi connectivity index (χ2n) is 4.37. The Labute approximate surface area is 124 Å². The average molecular weight is 310 g/mol. The number of carboxylic acid groups (broad SMARTS) is 1. The zero-order valence-corrected chi connectivity index (χ0v) is 12.7. The number of thiazole rings is 1. The van der Waals surface area contributed by atoms with E-state index in [1.165, 1.54) is 0 Å². The molecule has 0 aromatic carbocycles. The zero-order valence-electron chi connectivity index (χ0n) is 11.0. The van der Waals surface area contributed by atoms with Crippen LogP contribution in [0.4, 0.5) is 0 Å². The van der Waals surface area contributed by atoms with E-state index in [0.29, 0.717) is 17.1 Å². The Morgan fingerprint density at radius 2 is 2.25 bits per heavy atom. The van der Waals surface area contributed by atoms with Crippen LogP contribution in [0, 0.1) is 6.92 Å². The van der Waals surface area contributed by atoms with E-state index >= 15 is 0 Å². The number of nitrogens with one attached hydrogen (secondary N) is 1. The fourth-order valence-electron chi connectivity index (χ4n) is 1.73. The maximum atomic E-state index is 11.9. The number of carbonyl (C=O) groups excluding carboxylic acids is 1. The monoisotopic (exact) mass is 310 g/mol. The van der Waals surface area contributed by atoms with E-state index < -0.39 is 5.97 Å². The van der Waals surface area contributed by atoms with Gasteiger partial charge in [-0.1, -0.05) is 0 Å². The Balaban J connectivity index is 2.01. The van der Waals surface area contributed by atoms with Crippen molar-refractivity contribution in [2.75, 3.05) is 0 Å². The number of aromatic carboxylic acids is 1. The molecule has 0 fully saturated rings. The van der Waals surface area contributed by atoms with Crippen LogP contribution < -0.4 is 5.32 Å². The molecular formula is C13H14N2O3S2. The summed E-state index contributed by atoms with van der Waals surface area (Å²) in [6.45, 7) is 3.46. The average Bonchev–Trinajstić information content (AvgIpc) is 2.98. The van der Waals surface area contributed by atoms with E-state index in [4.69, 9.17) is 5.11 Å². The number of carboxylic acids is 1. The van der Waals surface area contributed by atoms with Crippen molar-refractivity contribution in [2.24, 2.45) is 0 Å². The summed E-state index contributed by atoms with van der Waals surface area (Å²) in [5, 5.41) is 16.3. The largest absolute Gasteiger partial charge is 0.477 e. The standard InChI is InChI=1S/C13H14N2O3S2/c1-7-11(13(17)18)20-12(15-7)8(2)14-10(16)5-9-3-4-19-6-9/h3-4,6,8H,5H2,1-2H3,(H,14,16)(H,17,18). The topological polar surface area (TPSA) is 79.3 Å². The molecule has 20 heavy (non-hydrogen) atoms. The highest BCUT2D eigenvalue weighted by Gasteiger charge is 2.19. The van der Waals surface area contributed by atoms with Crippen molar-refractivity contribution in [2.45, 2.75) is 26.3 Å². The minimum Gasteiger partial charge on any atom is -0.477 e. The van der Waals surface area contributed by atoms with Crippen LogP contribution in [-0.2, 0) is 11.2 Å². The van der Waals surface area contributed by atoms with Gasteiger partial charge in [-0.05, 0) is 36.2 Å². The summed E-state index contributed by atoms with van der Waals surface area (Å²) in [6, 6.07) is 1.61. The van der Waals surface area contributed by atoms with Gasteiger partial charge in [0, 0.05) is 0 Å². The molecule has 1 amide bonds. The van der Waals surface area contributed by atoms with Gasteiger partial charge in [0.15, 0.2) is 0 Å². The highest BCUT2D eigenvalue weighted by Crippen LogP contribution is 2.23. The van der Waals surface area contributed by atoms with E-state index in [-0.39, 0.29) is 16.8 Å².